The maximum atomic E-state index is 12.6. The summed E-state index contributed by atoms with van der Waals surface area (Å²) in [6.07, 6.45) is -2.86. The van der Waals surface area contributed by atoms with Crippen molar-refractivity contribution in [2.24, 2.45) is 5.92 Å². The maximum Gasteiger partial charge on any atom is 0.391 e. The van der Waals surface area contributed by atoms with Crippen LogP contribution in [0.3, 0.4) is 0 Å². The molecule has 2 aromatic rings. The average molecular weight is 284 g/mol. The van der Waals surface area contributed by atoms with Gasteiger partial charge in [0, 0.05) is 17.7 Å². The van der Waals surface area contributed by atoms with Crippen LogP contribution in [0.15, 0.2) is 22.6 Å². The van der Waals surface area contributed by atoms with Crippen molar-refractivity contribution in [3.63, 3.8) is 0 Å². The van der Waals surface area contributed by atoms with E-state index in [0.717, 1.165) is 0 Å². The summed E-state index contributed by atoms with van der Waals surface area (Å²) in [4.78, 5) is 4.36. The largest absolute Gasteiger partial charge is 0.440 e. The van der Waals surface area contributed by atoms with Crippen LogP contribution < -0.4 is 5.73 Å². The van der Waals surface area contributed by atoms with E-state index in [-0.39, 0.29) is 18.8 Å². The molecule has 0 spiro atoms. The van der Waals surface area contributed by atoms with Crippen LogP contribution in [0.1, 0.15) is 37.5 Å². The molecule has 20 heavy (non-hydrogen) atoms. The summed E-state index contributed by atoms with van der Waals surface area (Å²) in [5, 5.41) is 0. The Morgan fingerprint density at radius 2 is 1.85 bits per heavy atom. The van der Waals surface area contributed by atoms with Gasteiger partial charge in [0.1, 0.15) is 5.52 Å². The molecule has 1 aromatic heterocycles. The molecule has 0 aliphatic heterocycles. The minimum atomic E-state index is -4.08. The maximum absolute atomic E-state index is 12.6. The number of alkyl halides is 3. The summed E-state index contributed by atoms with van der Waals surface area (Å²) in [6, 6.07) is 5.18. The highest BCUT2D eigenvalue weighted by Crippen LogP contribution is 2.43. The van der Waals surface area contributed by atoms with Crippen LogP contribution in [0.25, 0.3) is 11.1 Å². The molecule has 1 aliphatic carbocycles. The lowest BCUT2D eigenvalue weighted by Crippen LogP contribution is -2.27. The second-order valence-electron chi connectivity index (χ2n) is 5.37. The third kappa shape index (κ3) is 2.46. The number of fused-ring (bicyclic) bond motifs is 1. The zero-order valence-electron chi connectivity index (χ0n) is 10.8. The standard InChI is InChI=1S/C14H15F3N2O/c15-14(16,17)9-3-1-8(2-4-9)13-19-11-6-5-10(18)7-12(11)20-13/h5-9H,1-4,18H2. The van der Waals surface area contributed by atoms with Gasteiger partial charge in [0.05, 0.1) is 5.92 Å². The first kappa shape index (κ1) is 13.3. The number of anilines is 1. The summed E-state index contributed by atoms with van der Waals surface area (Å²) < 4.78 is 43.5. The van der Waals surface area contributed by atoms with Crippen molar-refractivity contribution < 1.29 is 17.6 Å². The number of oxazole rings is 1. The topological polar surface area (TPSA) is 52.0 Å². The fourth-order valence-electron chi connectivity index (χ4n) is 2.80. The molecule has 108 valence electrons. The van der Waals surface area contributed by atoms with Gasteiger partial charge < -0.3 is 10.2 Å². The molecule has 6 heteroatoms. The van der Waals surface area contributed by atoms with Crippen LogP contribution >= 0.6 is 0 Å². The van der Waals surface area contributed by atoms with Crippen molar-refractivity contribution in [1.82, 2.24) is 4.98 Å². The number of hydrogen-bond acceptors (Lipinski definition) is 3. The molecule has 2 N–H and O–H groups in total. The molecule has 0 radical (unpaired) electrons. The van der Waals surface area contributed by atoms with Crippen molar-refractivity contribution in [3.05, 3.63) is 24.1 Å². The van der Waals surface area contributed by atoms with Gasteiger partial charge in [-0.05, 0) is 37.8 Å². The molecule has 0 amide bonds. The third-order valence-corrected chi connectivity index (χ3v) is 3.97. The van der Waals surface area contributed by atoms with Crippen molar-refractivity contribution in [3.8, 4) is 0 Å². The lowest BCUT2D eigenvalue weighted by Gasteiger charge is -2.28. The van der Waals surface area contributed by atoms with E-state index in [1.165, 1.54) is 0 Å². The zero-order chi connectivity index (χ0) is 14.3. The predicted octanol–water partition coefficient (Wildman–Crippen LogP) is 4.25. The minimum Gasteiger partial charge on any atom is -0.440 e. The summed E-state index contributed by atoms with van der Waals surface area (Å²) in [6.45, 7) is 0. The van der Waals surface area contributed by atoms with E-state index in [4.69, 9.17) is 10.2 Å². The highest BCUT2D eigenvalue weighted by Gasteiger charge is 2.42. The molecule has 0 bridgehead atoms. The van der Waals surface area contributed by atoms with Gasteiger partial charge in [-0.3, -0.25) is 0 Å². The van der Waals surface area contributed by atoms with E-state index in [9.17, 15) is 13.2 Å². The molecule has 0 atom stereocenters. The Labute approximate surface area is 114 Å². The van der Waals surface area contributed by atoms with Gasteiger partial charge in [-0.1, -0.05) is 0 Å². The monoisotopic (exact) mass is 284 g/mol. The van der Waals surface area contributed by atoms with E-state index < -0.39 is 12.1 Å². The van der Waals surface area contributed by atoms with Crippen LogP contribution in [0.5, 0.6) is 0 Å². The van der Waals surface area contributed by atoms with E-state index in [0.29, 0.717) is 35.5 Å². The number of halogens is 3. The summed E-state index contributed by atoms with van der Waals surface area (Å²) in [5.74, 6) is -0.674. The van der Waals surface area contributed by atoms with Crippen molar-refractivity contribution in [2.75, 3.05) is 5.73 Å². The first-order valence-corrected chi connectivity index (χ1v) is 6.66. The molecular weight excluding hydrogens is 269 g/mol. The third-order valence-electron chi connectivity index (χ3n) is 3.97. The Hall–Kier alpha value is -1.72. The number of nitrogen functional groups attached to an aromatic ring is 1. The molecule has 1 saturated carbocycles. The van der Waals surface area contributed by atoms with Gasteiger partial charge in [-0.25, -0.2) is 4.98 Å². The Kier molecular flexibility index (Phi) is 3.11. The minimum absolute atomic E-state index is 0.0257. The molecule has 1 aliphatic rings. The Morgan fingerprint density at radius 3 is 2.50 bits per heavy atom. The lowest BCUT2D eigenvalue weighted by atomic mass is 9.81. The van der Waals surface area contributed by atoms with Crippen molar-refractivity contribution in [2.45, 2.75) is 37.8 Å². The average Bonchev–Trinajstić information content (AvgIpc) is 2.80. The van der Waals surface area contributed by atoms with Gasteiger partial charge in [-0.2, -0.15) is 13.2 Å². The molecule has 3 rings (SSSR count). The molecular formula is C14H15F3N2O. The van der Waals surface area contributed by atoms with Gasteiger partial charge in [-0.15, -0.1) is 0 Å². The summed E-state index contributed by atoms with van der Waals surface area (Å²) in [5.41, 5.74) is 7.55. The van der Waals surface area contributed by atoms with Gasteiger partial charge in [0.15, 0.2) is 11.5 Å². The van der Waals surface area contributed by atoms with Gasteiger partial charge in [0.25, 0.3) is 0 Å². The van der Waals surface area contributed by atoms with Crippen LogP contribution in [0, 0.1) is 5.92 Å². The van der Waals surface area contributed by atoms with Gasteiger partial charge >= 0.3 is 6.18 Å². The molecule has 1 fully saturated rings. The number of rotatable bonds is 1. The SMILES string of the molecule is Nc1ccc2nc(C3CCC(C(F)(F)F)CC3)oc2c1. The quantitative estimate of drug-likeness (QED) is 0.797. The van der Waals surface area contributed by atoms with E-state index in [2.05, 4.69) is 4.98 Å². The fraction of sp³-hybridized carbons (Fsp3) is 0.500. The van der Waals surface area contributed by atoms with Crippen LogP contribution in [-0.2, 0) is 0 Å². The lowest BCUT2D eigenvalue weighted by molar-refractivity contribution is -0.182. The predicted molar refractivity (Wildman–Crippen MR) is 69.2 cm³/mol. The van der Waals surface area contributed by atoms with Gasteiger partial charge in [0.2, 0.25) is 0 Å². The number of benzene rings is 1. The second-order valence-corrected chi connectivity index (χ2v) is 5.37. The Morgan fingerprint density at radius 1 is 1.15 bits per heavy atom. The number of hydrogen-bond donors (Lipinski definition) is 1. The first-order chi connectivity index (χ1) is 9.43. The Bertz CT molecular complexity index is 612. The summed E-state index contributed by atoms with van der Waals surface area (Å²) in [7, 11) is 0. The van der Waals surface area contributed by atoms with Crippen molar-refractivity contribution >= 4 is 16.8 Å². The van der Waals surface area contributed by atoms with Crippen molar-refractivity contribution in [1.29, 1.82) is 0 Å². The molecule has 3 nitrogen and oxygen atoms in total. The normalized spacial score (nSPS) is 24.1. The van der Waals surface area contributed by atoms with Crippen LogP contribution in [0.4, 0.5) is 18.9 Å². The summed E-state index contributed by atoms with van der Waals surface area (Å²) >= 11 is 0. The fourth-order valence-corrected chi connectivity index (χ4v) is 2.80. The molecule has 1 aromatic carbocycles. The van der Waals surface area contributed by atoms with E-state index in [1.807, 2.05) is 0 Å². The highest BCUT2D eigenvalue weighted by atomic mass is 19.4. The smallest absolute Gasteiger partial charge is 0.391 e. The molecule has 0 saturated heterocycles. The zero-order valence-corrected chi connectivity index (χ0v) is 10.8. The first-order valence-electron chi connectivity index (χ1n) is 6.66. The van der Waals surface area contributed by atoms with Crippen LogP contribution in [0.2, 0.25) is 0 Å². The highest BCUT2D eigenvalue weighted by molar-refractivity contribution is 5.76. The second kappa shape index (κ2) is 4.68. The molecule has 0 unspecified atom stereocenters. The number of nitrogens with two attached hydrogens (primary N) is 1. The molecule has 1 heterocycles. The Balaban J connectivity index is 1.76. The number of nitrogens with zero attached hydrogens (tertiary/aromatic N) is 1. The van der Waals surface area contributed by atoms with E-state index in [1.54, 1.807) is 18.2 Å². The van der Waals surface area contributed by atoms with E-state index >= 15 is 0 Å². The van der Waals surface area contributed by atoms with Crippen LogP contribution in [-0.4, -0.2) is 11.2 Å². The number of aromatic nitrogens is 1.